The maximum absolute atomic E-state index is 13.5. The number of nitrogens with one attached hydrogen (secondary N) is 2. The third-order valence-electron chi connectivity index (χ3n) is 6.54. The molecule has 0 spiro atoms. The molecule has 1 aliphatic rings. The summed E-state index contributed by atoms with van der Waals surface area (Å²) in [4.78, 5) is 19.2. The summed E-state index contributed by atoms with van der Waals surface area (Å²) in [5.41, 5.74) is 2.31. The third-order valence-corrected chi connectivity index (χ3v) is 6.85. The van der Waals surface area contributed by atoms with Gasteiger partial charge in [-0.2, -0.15) is 0 Å². The summed E-state index contributed by atoms with van der Waals surface area (Å²) in [5.74, 6) is 1.33. The number of ether oxygens (including phenoxy) is 1. The van der Waals surface area contributed by atoms with Gasteiger partial charge in [-0.3, -0.25) is 9.78 Å². The van der Waals surface area contributed by atoms with Gasteiger partial charge in [-0.05, 0) is 72.9 Å². The summed E-state index contributed by atoms with van der Waals surface area (Å²) >= 11 is 5.82. The lowest BCUT2D eigenvalue weighted by Gasteiger charge is -2.27. The molecule has 5 rings (SSSR count). The number of pyridine rings is 1. The minimum Gasteiger partial charge on any atom is -0.494 e. The molecule has 9 heteroatoms. The zero-order valence-corrected chi connectivity index (χ0v) is 22.9. The van der Waals surface area contributed by atoms with Crippen LogP contribution in [0.25, 0.3) is 11.3 Å². The summed E-state index contributed by atoms with van der Waals surface area (Å²) in [6, 6.07) is 20.5. The summed E-state index contributed by atoms with van der Waals surface area (Å²) in [6.07, 6.45) is 1.74. The van der Waals surface area contributed by atoms with Crippen LogP contribution in [-0.2, 0) is 4.79 Å². The number of carbonyl (C=O) groups is 1. The molecule has 39 heavy (non-hydrogen) atoms. The quantitative estimate of drug-likeness (QED) is 0.263. The van der Waals surface area contributed by atoms with E-state index < -0.39 is 5.41 Å². The molecule has 0 bridgehead atoms. The zero-order chi connectivity index (χ0) is 27.7. The molecule has 0 radical (unpaired) electrons. The van der Waals surface area contributed by atoms with Crippen molar-refractivity contribution in [1.29, 1.82) is 0 Å². The molecular weight excluding hydrogens is 515 g/mol. The zero-order valence-electron chi connectivity index (χ0n) is 22.1. The van der Waals surface area contributed by atoms with Crippen LogP contribution in [0.1, 0.15) is 44.3 Å². The first-order chi connectivity index (χ1) is 18.7. The molecule has 1 aliphatic heterocycles. The number of halogens is 1. The molecule has 200 valence electrons. The van der Waals surface area contributed by atoms with E-state index in [0.717, 1.165) is 16.9 Å². The fourth-order valence-corrected chi connectivity index (χ4v) is 4.79. The minimum atomic E-state index is -0.563. The van der Waals surface area contributed by atoms with Crippen LogP contribution in [0.3, 0.4) is 0 Å². The van der Waals surface area contributed by atoms with Gasteiger partial charge in [0.2, 0.25) is 5.91 Å². The number of methoxy groups -OCH3 is 1. The Kier molecular flexibility index (Phi) is 7.10. The Bertz CT molecular complexity index is 1500. The van der Waals surface area contributed by atoms with Gasteiger partial charge in [0.15, 0.2) is 5.11 Å². The maximum atomic E-state index is 13.5. The number of benzene rings is 2. The average molecular weight is 545 g/mol. The van der Waals surface area contributed by atoms with Crippen LogP contribution in [0.5, 0.6) is 5.75 Å². The second-order valence-corrected chi connectivity index (χ2v) is 10.7. The van der Waals surface area contributed by atoms with E-state index >= 15 is 0 Å². The summed E-state index contributed by atoms with van der Waals surface area (Å²) < 4.78 is 25.5. The van der Waals surface area contributed by atoms with E-state index in [1.165, 1.54) is 12.1 Å². The number of nitrogens with zero attached hydrogens (tertiary/aromatic N) is 2. The number of furan rings is 1. The smallest absolute Gasteiger partial charge is 0.229 e. The number of aromatic nitrogens is 1. The number of hydrogen-bond acceptors (Lipinski definition) is 5. The predicted molar refractivity (Wildman–Crippen MR) is 153 cm³/mol. The molecule has 0 aliphatic carbocycles. The maximum Gasteiger partial charge on any atom is 0.229 e. The Labute approximate surface area is 232 Å². The van der Waals surface area contributed by atoms with Gasteiger partial charge < -0.3 is 24.7 Å². The molecule has 0 saturated carbocycles. The van der Waals surface area contributed by atoms with Crippen LogP contribution < -0.4 is 20.3 Å². The highest BCUT2D eigenvalue weighted by Crippen LogP contribution is 2.44. The van der Waals surface area contributed by atoms with Gasteiger partial charge >= 0.3 is 0 Å². The van der Waals surface area contributed by atoms with Crippen molar-refractivity contribution in [3.8, 4) is 17.1 Å². The normalized spacial score (nSPS) is 17.2. The van der Waals surface area contributed by atoms with Gasteiger partial charge in [0.05, 0.1) is 24.5 Å². The second kappa shape index (κ2) is 10.5. The molecule has 7 nitrogen and oxygen atoms in total. The number of anilines is 2. The first kappa shape index (κ1) is 26.4. The highest BCUT2D eigenvalue weighted by Gasteiger charge is 2.43. The van der Waals surface area contributed by atoms with E-state index in [2.05, 4.69) is 15.6 Å². The van der Waals surface area contributed by atoms with E-state index in [4.69, 9.17) is 21.4 Å². The summed E-state index contributed by atoms with van der Waals surface area (Å²) in [5, 5.41) is 6.84. The van der Waals surface area contributed by atoms with E-state index in [0.29, 0.717) is 28.1 Å². The van der Waals surface area contributed by atoms with Crippen molar-refractivity contribution in [2.24, 2.45) is 5.41 Å². The lowest BCUT2D eigenvalue weighted by Crippen LogP contribution is -2.30. The molecule has 2 aromatic carbocycles. The highest BCUT2D eigenvalue weighted by molar-refractivity contribution is 7.80. The number of amides is 1. The van der Waals surface area contributed by atoms with Crippen molar-refractivity contribution >= 4 is 34.6 Å². The lowest BCUT2D eigenvalue weighted by atomic mass is 9.95. The topological polar surface area (TPSA) is 79.6 Å². The van der Waals surface area contributed by atoms with Crippen molar-refractivity contribution in [2.75, 3.05) is 17.3 Å². The fourth-order valence-electron chi connectivity index (χ4n) is 4.45. The largest absolute Gasteiger partial charge is 0.494 e. The Balaban J connectivity index is 1.55. The second-order valence-electron chi connectivity index (χ2n) is 10.3. The molecule has 4 aromatic rings. The van der Waals surface area contributed by atoms with Crippen LogP contribution >= 0.6 is 12.2 Å². The van der Waals surface area contributed by atoms with Crippen molar-refractivity contribution in [3.63, 3.8) is 0 Å². The van der Waals surface area contributed by atoms with E-state index in [1.807, 2.05) is 68.1 Å². The van der Waals surface area contributed by atoms with Crippen LogP contribution in [0.4, 0.5) is 15.8 Å². The molecule has 3 heterocycles. The summed E-state index contributed by atoms with van der Waals surface area (Å²) in [7, 11) is 1.56. The number of hydrogen-bond donors (Lipinski definition) is 2. The first-order valence-corrected chi connectivity index (χ1v) is 12.9. The van der Waals surface area contributed by atoms with E-state index in [1.54, 1.807) is 31.5 Å². The van der Waals surface area contributed by atoms with E-state index in [-0.39, 0.29) is 23.8 Å². The average Bonchev–Trinajstić information content (AvgIpc) is 3.54. The molecule has 0 unspecified atom stereocenters. The lowest BCUT2D eigenvalue weighted by molar-refractivity contribution is -0.123. The van der Waals surface area contributed by atoms with Crippen molar-refractivity contribution < 1.29 is 18.3 Å². The van der Waals surface area contributed by atoms with Crippen molar-refractivity contribution in [3.05, 3.63) is 96.3 Å². The van der Waals surface area contributed by atoms with Crippen LogP contribution in [0.15, 0.2) is 83.4 Å². The van der Waals surface area contributed by atoms with Gasteiger partial charge in [-0.25, -0.2) is 4.39 Å². The molecule has 1 saturated heterocycles. The van der Waals surface area contributed by atoms with Gasteiger partial charge in [-0.1, -0.05) is 26.8 Å². The Hall–Kier alpha value is -4.24. The molecule has 1 amide bonds. The minimum absolute atomic E-state index is 0.121. The molecule has 2 aromatic heterocycles. The Morgan fingerprint density at radius 1 is 1.10 bits per heavy atom. The Morgan fingerprint density at radius 2 is 1.87 bits per heavy atom. The molecular formula is C30H29FN4O3S. The number of thiocarbonyl (C=S) groups is 1. The molecule has 2 atom stereocenters. The monoisotopic (exact) mass is 544 g/mol. The van der Waals surface area contributed by atoms with Gasteiger partial charge in [0.25, 0.3) is 0 Å². The highest BCUT2D eigenvalue weighted by atomic mass is 32.1. The molecule has 2 N–H and O–H groups in total. The van der Waals surface area contributed by atoms with Gasteiger partial charge in [-0.15, -0.1) is 0 Å². The fraction of sp³-hybridized carbons (Fsp3) is 0.233. The summed E-state index contributed by atoms with van der Waals surface area (Å²) in [6.45, 7) is 5.55. The molecule has 1 fully saturated rings. The van der Waals surface area contributed by atoms with Gasteiger partial charge in [0, 0.05) is 28.9 Å². The third kappa shape index (κ3) is 5.35. The van der Waals surface area contributed by atoms with Crippen molar-refractivity contribution in [1.82, 2.24) is 10.3 Å². The standard InChI is InChI=1S/C30H29FN4O3S/c1-30(2,3)28(36)33-21-13-12-20(17-25(21)37-4)35-27(26(34-29(35)39)22-7-5-6-16-32-22)24-15-14-23(38-24)18-8-10-19(31)11-9-18/h5-17,26-27H,1-4H3,(H,33,36)(H,34,39)/t26-,27+/m1/s1. The van der Waals surface area contributed by atoms with Crippen LogP contribution in [-0.4, -0.2) is 23.1 Å². The predicted octanol–water partition coefficient (Wildman–Crippen LogP) is 6.65. The van der Waals surface area contributed by atoms with E-state index in [9.17, 15) is 9.18 Å². The first-order valence-electron chi connectivity index (χ1n) is 12.5. The SMILES string of the molecule is COc1cc(N2C(=S)N[C@H](c3ccccn3)[C@@H]2c2ccc(-c3ccc(F)cc3)o2)ccc1NC(=O)C(C)(C)C. The number of rotatable bonds is 6. The number of carbonyl (C=O) groups excluding carboxylic acids is 1. The van der Waals surface area contributed by atoms with Gasteiger partial charge in [0.1, 0.15) is 29.1 Å². The van der Waals surface area contributed by atoms with Crippen LogP contribution in [0, 0.1) is 11.2 Å². The van der Waals surface area contributed by atoms with Crippen molar-refractivity contribution in [2.45, 2.75) is 32.9 Å². The Morgan fingerprint density at radius 3 is 2.54 bits per heavy atom. The van der Waals surface area contributed by atoms with Crippen LogP contribution in [0.2, 0.25) is 0 Å².